The third-order valence-electron chi connectivity index (χ3n) is 4.00. The minimum Gasteiger partial charge on any atom is -0.489 e. The number of hydrogen-bond donors (Lipinski definition) is 1. The lowest BCUT2D eigenvalue weighted by Crippen LogP contribution is -2.16. The van der Waals surface area contributed by atoms with Crippen molar-refractivity contribution in [3.63, 3.8) is 0 Å². The minimum atomic E-state index is 0.632. The summed E-state index contributed by atoms with van der Waals surface area (Å²) < 4.78 is 6.04. The predicted molar refractivity (Wildman–Crippen MR) is 86.6 cm³/mol. The second kappa shape index (κ2) is 6.31. The average molecular weight is 281 g/mol. The molecule has 0 spiro atoms. The number of ether oxygens (including phenoxy) is 1. The largest absolute Gasteiger partial charge is 0.489 e. The Kier molecular flexibility index (Phi) is 4.26. The third kappa shape index (κ3) is 3.85. The zero-order chi connectivity index (χ0) is 14.7. The second-order valence-electron chi connectivity index (χ2n) is 5.98. The van der Waals surface area contributed by atoms with Crippen molar-refractivity contribution in [1.29, 1.82) is 0 Å². The molecule has 2 aromatic rings. The molecule has 3 rings (SSSR count). The fourth-order valence-electron chi connectivity index (χ4n) is 2.43. The molecule has 0 aromatic heterocycles. The van der Waals surface area contributed by atoms with Gasteiger partial charge in [0.05, 0.1) is 0 Å². The van der Waals surface area contributed by atoms with Crippen molar-refractivity contribution in [2.24, 2.45) is 0 Å². The van der Waals surface area contributed by atoms with Crippen molar-refractivity contribution in [2.75, 3.05) is 0 Å². The van der Waals surface area contributed by atoms with E-state index >= 15 is 0 Å². The van der Waals surface area contributed by atoms with Crippen molar-refractivity contribution >= 4 is 0 Å². The van der Waals surface area contributed by atoms with Gasteiger partial charge >= 0.3 is 0 Å². The van der Waals surface area contributed by atoms with Crippen LogP contribution in [0.2, 0.25) is 0 Å². The maximum absolute atomic E-state index is 6.04. The van der Waals surface area contributed by atoms with E-state index in [-0.39, 0.29) is 0 Å². The quantitative estimate of drug-likeness (QED) is 0.859. The highest BCUT2D eigenvalue weighted by Crippen LogP contribution is 2.22. The molecule has 0 heterocycles. The minimum absolute atomic E-state index is 0.632. The summed E-state index contributed by atoms with van der Waals surface area (Å²) in [4.78, 5) is 0. The molecule has 1 aliphatic rings. The number of nitrogens with one attached hydrogen (secondary N) is 1. The first-order valence-electron chi connectivity index (χ1n) is 7.72. The van der Waals surface area contributed by atoms with Crippen LogP contribution in [0.15, 0.2) is 42.5 Å². The number of benzene rings is 2. The maximum Gasteiger partial charge on any atom is 0.122 e. The Hall–Kier alpha value is -1.80. The van der Waals surface area contributed by atoms with Gasteiger partial charge in [0.2, 0.25) is 0 Å². The normalized spacial score (nSPS) is 14.2. The highest BCUT2D eigenvalue weighted by atomic mass is 16.5. The smallest absolute Gasteiger partial charge is 0.122 e. The Balaban J connectivity index is 1.67. The first-order valence-corrected chi connectivity index (χ1v) is 7.72. The van der Waals surface area contributed by atoms with Gasteiger partial charge in [-0.25, -0.2) is 0 Å². The van der Waals surface area contributed by atoms with Gasteiger partial charge in [-0.3, -0.25) is 0 Å². The summed E-state index contributed by atoms with van der Waals surface area (Å²) in [5.41, 5.74) is 5.04. The standard InChI is InChI=1S/C19H23NO/c1-14-7-8-15(2)19(11-14)21-13-17-6-4-3-5-16(17)12-20-18-9-10-18/h3-8,11,18,20H,9-10,12-13H2,1-2H3. The molecular weight excluding hydrogens is 258 g/mol. The van der Waals surface area contributed by atoms with Gasteiger partial charge in [0, 0.05) is 12.6 Å². The molecule has 2 nitrogen and oxygen atoms in total. The van der Waals surface area contributed by atoms with Crippen molar-refractivity contribution in [1.82, 2.24) is 5.32 Å². The van der Waals surface area contributed by atoms with E-state index in [4.69, 9.17) is 4.74 Å². The van der Waals surface area contributed by atoms with Gasteiger partial charge in [0.15, 0.2) is 0 Å². The van der Waals surface area contributed by atoms with E-state index in [1.807, 2.05) is 0 Å². The molecule has 0 aliphatic heterocycles. The second-order valence-corrected chi connectivity index (χ2v) is 5.98. The van der Waals surface area contributed by atoms with Crippen LogP contribution in [0.1, 0.15) is 35.1 Å². The first kappa shape index (κ1) is 14.2. The van der Waals surface area contributed by atoms with Crippen LogP contribution in [0.4, 0.5) is 0 Å². The fraction of sp³-hybridized carbons (Fsp3) is 0.368. The molecule has 0 saturated heterocycles. The lowest BCUT2D eigenvalue weighted by atomic mass is 10.1. The summed E-state index contributed by atoms with van der Waals surface area (Å²) in [6, 6.07) is 15.6. The van der Waals surface area contributed by atoms with Gasteiger partial charge < -0.3 is 10.1 Å². The van der Waals surface area contributed by atoms with Gasteiger partial charge in [0.1, 0.15) is 12.4 Å². The van der Waals surface area contributed by atoms with Gasteiger partial charge in [-0.05, 0) is 55.0 Å². The monoisotopic (exact) mass is 281 g/mol. The molecule has 1 saturated carbocycles. The van der Waals surface area contributed by atoms with Crippen LogP contribution >= 0.6 is 0 Å². The summed E-state index contributed by atoms with van der Waals surface area (Å²) >= 11 is 0. The zero-order valence-corrected chi connectivity index (χ0v) is 12.9. The molecule has 110 valence electrons. The summed E-state index contributed by atoms with van der Waals surface area (Å²) in [5.74, 6) is 0.986. The Morgan fingerprint density at radius 1 is 1.05 bits per heavy atom. The number of hydrogen-bond acceptors (Lipinski definition) is 2. The molecule has 0 atom stereocenters. The van der Waals surface area contributed by atoms with Crippen molar-refractivity contribution in [2.45, 2.75) is 45.9 Å². The van der Waals surface area contributed by atoms with E-state index < -0.39 is 0 Å². The van der Waals surface area contributed by atoms with E-state index in [0.29, 0.717) is 6.61 Å². The molecule has 0 amide bonds. The van der Waals surface area contributed by atoms with E-state index in [1.54, 1.807) is 0 Å². The third-order valence-corrected chi connectivity index (χ3v) is 4.00. The SMILES string of the molecule is Cc1ccc(C)c(OCc2ccccc2CNC2CC2)c1. The van der Waals surface area contributed by atoms with Crippen molar-refractivity contribution in [3.05, 3.63) is 64.7 Å². The fourth-order valence-corrected chi connectivity index (χ4v) is 2.43. The highest BCUT2D eigenvalue weighted by molar-refractivity contribution is 5.36. The molecule has 2 heteroatoms. The van der Waals surface area contributed by atoms with Gasteiger partial charge in [-0.2, -0.15) is 0 Å². The maximum atomic E-state index is 6.04. The summed E-state index contributed by atoms with van der Waals surface area (Å²) in [7, 11) is 0. The molecule has 2 aromatic carbocycles. The Labute approximate surface area is 127 Å². The predicted octanol–water partition coefficient (Wildman–Crippen LogP) is 4.13. The van der Waals surface area contributed by atoms with E-state index in [2.05, 4.69) is 61.6 Å². The molecule has 21 heavy (non-hydrogen) atoms. The molecule has 0 bridgehead atoms. The van der Waals surface area contributed by atoms with Gasteiger partial charge in [0.25, 0.3) is 0 Å². The molecule has 0 radical (unpaired) electrons. The van der Waals surface area contributed by atoms with E-state index in [9.17, 15) is 0 Å². The molecular formula is C19H23NO. The molecule has 1 N–H and O–H groups in total. The highest BCUT2D eigenvalue weighted by Gasteiger charge is 2.20. The molecule has 0 unspecified atom stereocenters. The lowest BCUT2D eigenvalue weighted by molar-refractivity contribution is 0.302. The Morgan fingerprint density at radius 2 is 1.81 bits per heavy atom. The van der Waals surface area contributed by atoms with Crippen LogP contribution in [0.3, 0.4) is 0 Å². The van der Waals surface area contributed by atoms with Crippen LogP contribution in [-0.2, 0) is 13.2 Å². The summed E-state index contributed by atoms with van der Waals surface area (Å²) in [5, 5.41) is 3.58. The molecule has 1 aliphatic carbocycles. The summed E-state index contributed by atoms with van der Waals surface area (Å²) in [6.07, 6.45) is 2.64. The van der Waals surface area contributed by atoms with Crippen LogP contribution in [0, 0.1) is 13.8 Å². The molecule has 1 fully saturated rings. The van der Waals surface area contributed by atoms with Gasteiger partial charge in [-0.1, -0.05) is 36.4 Å². The van der Waals surface area contributed by atoms with E-state index in [1.165, 1.54) is 35.1 Å². The van der Waals surface area contributed by atoms with Crippen molar-refractivity contribution < 1.29 is 4.74 Å². The average Bonchev–Trinajstić information content (AvgIpc) is 3.31. The van der Waals surface area contributed by atoms with Gasteiger partial charge in [-0.15, -0.1) is 0 Å². The van der Waals surface area contributed by atoms with Crippen molar-refractivity contribution in [3.8, 4) is 5.75 Å². The topological polar surface area (TPSA) is 21.3 Å². The van der Waals surface area contributed by atoms with E-state index in [0.717, 1.165) is 18.3 Å². The Bertz CT molecular complexity index is 617. The summed E-state index contributed by atoms with van der Waals surface area (Å²) in [6.45, 7) is 5.76. The first-order chi connectivity index (χ1) is 10.2. The zero-order valence-electron chi connectivity index (χ0n) is 12.9. The van der Waals surface area contributed by atoms with Crippen LogP contribution in [0.25, 0.3) is 0 Å². The van der Waals surface area contributed by atoms with Crippen LogP contribution in [-0.4, -0.2) is 6.04 Å². The van der Waals surface area contributed by atoms with Crippen LogP contribution in [0.5, 0.6) is 5.75 Å². The van der Waals surface area contributed by atoms with Crippen LogP contribution < -0.4 is 10.1 Å². The Morgan fingerprint density at radius 3 is 2.57 bits per heavy atom. The lowest BCUT2D eigenvalue weighted by Gasteiger charge is -2.13. The number of aryl methyl sites for hydroxylation is 2. The number of rotatable bonds is 6.